The van der Waals surface area contributed by atoms with Crippen LogP contribution in [0.25, 0.3) is 0 Å². The van der Waals surface area contributed by atoms with Crippen LogP contribution in [0.3, 0.4) is 0 Å². The molecule has 0 aliphatic rings. The Balaban J connectivity index is 2.49. The molecular formula is C18H27IO2S. The highest BCUT2D eigenvalue weighted by Gasteiger charge is 2.15. The molecule has 1 rings (SSSR count). The van der Waals surface area contributed by atoms with Crippen molar-refractivity contribution >= 4 is 33.4 Å². The summed E-state index contributed by atoms with van der Waals surface area (Å²) in [5, 5.41) is 10.3. The van der Waals surface area contributed by atoms with Crippen molar-refractivity contribution in [2.75, 3.05) is 0 Å². The number of hydrogen-bond acceptors (Lipinski definition) is 2. The predicted octanol–water partition coefficient (Wildman–Crippen LogP) is 5.57. The number of hydrogen-bond donors (Lipinski definition) is 1. The summed E-state index contributed by atoms with van der Waals surface area (Å²) in [5.41, 5.74) is 0. The minimum absolute atomic E-state index is 0.487. The van der Waals surface area contributed by atoms with Gasteiger partial charge in [-0.05, 0) is 48.1 Å². The first-order chi connectivity index (χ1) is 10.6. The van der Waals surface area contributed by atoms with Crippen LogP contribution in [0.15, 0.2) is 43.7 Å². The van der Waals surface area contributed by atoms with Gasteiger partial charge in [-0.15, -0.1) is 0 Å². The second-order valence-corrected chi connectivity index (χ2v) is 8.34. The number of benzene rings is 1. The number of halogens is 1. The van der Waals surface area contributed by atoms with E-state index in [9.17, 15) is 9.32 Å². The molecule has 4 heteroatoms. The van der Waals surface area contributed by atoms with Crippen molar-refractivity contribution in [1.29, 1.82) is 0 Å². The average molecular weight is 434 g/mol. The lowest BCUT2D eigenvalue weighted by Gasteiger charge is -2.13. The standard InChI is InChI=1S/C18H27IO2S/c1-3-4-5-6-7-11-14-17(20)18(19)15(2)22(21)16-12-9-8-10-13-16/h8-10,12-13,17,20H,3-7,11,14H2,1-2H3/b18-15+/t17-,22?/m0/s1. The van der Waals surface area contributed by atoms with Gasteiger partial charge in [-0.3, -0.25) is 0 Å². The van der Waals surface area contributed by atoms with E-state index in [1.165, 1.54) is 32.1 Å². The molecule has 0 aliphatic heterocycles. The molecule has 22 heavy (non-hydrogen) atoms. The Bertz CT molecular complexity index is 485. The van der Waals surface area contributed by atoms with Gasteiger partial charge in [0.1, 0.15) is 0 Å². The number of aliphatic hydroxyl groups is 1. The molecule has 0 fully saturated rings. The van der Waals surface area contributed by atoms with Crippen LogP contribution < -0.4 is 0 Å². The maximum absolute atomic E-state index is 12.5. The molecule has 0 spiro atoms. The Morgan fingerprint density at radius 2 is 1.73 bits per heavy atom. The second kappa shape index (κ2) is 11.4. The summed E-state index contributed by atoms with van der Waals surface area (Å²) in [6.07, 6.45) is 7.56. The van der Waals surface area contributed by atoms with E-state index in [4.69, 9.17) is 0 Å². The van der Waals surface area contributed by atoms with E-state index in [0.29, 0.717) is 0 Å². The molecule has 0 saturated heterocycles. The zero-order valence-electron chi connectivity index (χ0n) is 13.6. The number of allylic oxidation sites excluding steroid dienone is 1. The fraction of sp³-hybridized carbons (Fsp3) is 0.556. The summed E-state index contributed by atoms with van der Waals surface area (Å²) in [5.74, 6) is 0. The van der Waals surface area contributed by atoms with E-state index in [0.717, 1.165) is 26.2 Å². The number of unbranched alkanes of at least 4 members (excludes halogenated alkanes) is 5. The third-order valence-corrected chi connectivity index (χ3v) is 7.07. The van der Waals surface area contributed by atoms with Crippen LogP contribution in [0.4, 0.5) is 0 Å². The van der Waals surface area contributed by atoms with Crippen LogP contribution >= 0.6 is 22.6 Å². The number of aliphatic hydroxyl groups excluding tert-OH is 1. The Hall–Kier alpha value is -0.200. The minimum Gasteiger partial charge on any atom is -0.388 e. The van der Waals surface area contributed by atoms with Gasteiger partial charge in [-0.25, -0.2) is 4.21 Å². The van der Waals surface area contributed by atoms with E-state index in [-0.39, 0.29) is 0 Å². The molecule has 0 saturated carbocycles. The van der Waals surface area contributed by atoms with Gasteiger partial charge in [0.15, 0.2) is 0 Å². The van der Waals surface area contributed by atoms with Crippen molar-refractivity contribution in [3.05, 3.63) is 38.8 Å². The second-order valence-electron chi connectivity index (χ2n) is 5.56. The Kier molecular flexibility index (Phi) is 10.2. The largest absolute Gasteiger partial charge is 0.388 e. The van der Waals surface area contributed by atoms with E-state index >= 15 is 0 Å². The highest BCUT2D eigenvalue weighted by atomic mass is 127. The first-order valence-electron chi connectivity index (χ1n) is 8.09. The highest BCUT2D eigenvalue weighted by molar-refractivity contribution is 14.1. The first kappa shape index (κ1) is 19.8. The summed E-state index contributed by atoms with van der Waals surface area (Å²) in [4.78, 5) is 1.56. The van der Waals surface area contributed by atoms with Crippen LogP contribution in [0.1, 0.15) is 58.8 Å². The molecule has 2 nitrogen and oxygen atoms in total. The third-order valence-electron chi connectivity index (χ3n) is 3.70. The van der Waals surface area contributed by atoms with Crippen LogP contribution in [0.2, 0.25) is 0 Å². The van der Waals surface area contributed by atoms with Gasteiger partial charge in [0, 0.05) is 13.4 Å². The van der Waals surface area contributed by atoms with E-state index in [2.05, 4.69) is 29.5 Å². The molecule has 0 bridgehead atoms. The molecular weight excluding hydrogens is 407 g/mol. The van der Waals surface area contributed by atoms with Gasteiger partial charge in [-0.1, -0.05) is 63.6 Å². The fourth-order valence-corrected chi connectivity index (χ4v) is 4.27. The monoisotopic (exact) mass is 434 g/mol. The molecule has 1 unspecified atom stereocenters. The summed E-state index contributed by atoms with van der Waals surface area (Å²) >= 11 is 2.15. The van der Waals surface area contributed by atoms with E-state index in [1.54, 1.807) is 0 Å². The van der Waals surface area contributed by atoms with Crippen molar-refractivity contribution in [2.45, 2.75) is 69.8 Å². The molecule has 0 aliphatic carbocycles. The molecule has 0 radical (unpaired) electrons. The van der Waals surface area contributed by atoms with Crippen molar-refractivity contribution in [3.63, 3.8) is 0 Å². The van der Waals surface area contributed by atoms with Crippen LogP contribution in [0, 0.1) is 0 Å². The van der Waals surface area contributed by atoms with Crippen molar-refractivity contribution in [1.82, 2.24) is 0 Å². The quantitative estimate of drug-likeness (QED) is 0.386. The van der Waals surface area contributed by atoms with Crippen molar-refractivity contribution < 1.29 is 9.32 Å². The summed E-state index contributed by atoms with van der Waals surface area (Å²) in [6, 6.07) is 9.42. The first-order valence-corrected chi connectivity index (χ1v) is 10.3. The molecule has 1 aromatic rings. The van der Waals surface area contributed by atoms with Gasteiger partial charge in [0.2, 0.25) is 0 Å². The van der Waals surface area contributed by atoms with Gasteiger partial charge in [0.25, 0.3) is 0 Å². The molecule has 124 valence electrons. The third kappa shape index (κ3) is 6.92. The summed E-state index contributed by atoms with van der Waals surface area (Å²) in [6.45, 7) is 4.07. The zero-order chi connectivity index (χ0) is 16.4. The molecule has 1 N–H and O–H groups in total. The Labute approximate surface area is 151 Å². The normalized spacial score (nSPS) is 15.3. The van der Waals surface area contributed by atoms with Gasteiger partial charge in [-0.2, -0.15) is 0 Å². The maximum atomic E-state index is 12.5. The van der Waals surface area contributed by atoms with Crippen LogP contribution in [-0.2, 0) is 10.8 Å². The zero-order valence-corrected chi connectivity index (χ0v) is 16.5. The minimum atomic E-state index is -1.18. The summed E-state index contributed by atoms with van der Waals surface area (Å²) < 4.78 is 13.3. The lowest BCUT2D eigenvalue weighted by molar-refractivity contribution is 0.205. The van der Waals surface area contributed by atoms with Gasteiger partial charge < -0.3 is 5.11 Å². The van der Waals surface area contributed by atoms with Crippen molar-refractivity contribution in [2.24, 2.45) is 0 Å². The smallest absolute Gasteiger partial charge is 0.0855 e. The van der Waals surface area contributed by atoms with Crippen LogP contribution in [0.5, 0.6) is 0 Å². The van der Waals surface area contributed by atoms with E-state index in [1.807, 2.05) is 37.3 Å². The Morgan fingerprint density at radius 3 is 2.36 bits per heavy atom. The SMILES string of the molecule is CCCCCCCC[C@H](O)/C(I)=C(/C)S(=O)c1ccccc1. The molecule has 0 amide bonds. The summed E-state index contributed by atoms with van der Waals surface area (Å²) in [7, 11) is -1.18. The van der Waals surface area contributed by atoms with Crippen molar-refractivity contribution in [3.8, 4) is 0 Å². The number of rotatable bonds is 10. The lowest BCUT2D eigenvalue weighted by Crippen LogP contribution is -2.09. The van der Waals surface area contributed by atoms with Gasteiger partial charge >= 0.3 is 0 Å². The highest BCUT2D eigenvalue weighted by Crippen LogP contribution is 2.26. The lowest BCUT2D eigenvalue weighted by atomic mass is 10.1. The maximum Gasteiger partial charge on any atom is 0.0855 e. The predicted molar refractivity (Wildman–Crippen MR) is 104 cm³/mol. The molecule has 2 atom stereocenters. The van der Waals surface area contributed by atoms with Gasteiger partial charge in [0.05, 0.1) is 16.9 Å². The van der Waals surface area contributed by atoms with Crippen LogP contribution in [-0.4, -0.2) is 15.4 Å². The molecule has 0 aromatic heterocycles. The average Bonchev–Trinajstić information content (AvgIpc) is 2.56. The fourth-order valence-electron chi connectivity index (χ4n) is 2.29. The Morgan fingerprint density at radius 1 is 1.14 bits per heavy atom. The molecule has 1 aromatic carbocycles. The topological polar surface area (TPSA) is 37.3 Å². The van der Waals surface area contributed by atoms with E-state index < -0.39 is 16.9 Å². The molecule has 0 heterocycles.